The fourth-order valence-electron chi connectivity index (χ4n) is 4.47. The van der Waals surface area contributed by atoms with Crippen molar-refractivity contribution in [2.75, 3.05) is 18.8 Å². The van der Waals surface area contributed by atoms with Gasteiger partial charge in [-0.3, -0.25) is 4.98 Å². The SMILES string of the molecule is Nc1ccc(Oc2ncccc2-c2ccc3[nH]cc(-c4cncc(OC5CCCNC5)n4)c3c2)cc1. The number of aromatic amines is 1. The van der Waals surface area contributed by atoms with Crippen LogP contribution in [-0.2, 0) is 0 Å². The Labute approximate surface area is 208 Å². The minimum Gasteiger partial charge on any atom is -0.472 e. The fraction of sp³-hybridized carbons (Fsp3) is 0.179. The van der Waals surface area contributed by atoms with Crippen molar-refractivity contribution >= 4 is 16.6 Å². The van der Waals surface area contributed by atoms with Crippen LogP contribution in [0.3, 0.4) is 0 Å². The third-order valence-electron chi connectivity index (χ3n) is 6.29. The number of aromatic nitrogens is 4. The van der Waals surface area contributed by atoms with E-state index in [9.17, 15) is 0 Å². The van der Waals surface area contributed by atoms with Crippen LogP contribution in [0.1, 0.15) is 12.8 Å². The smallest absolute Gasteiger partial charge is 0.233 e. The Morgan fingerprint density at radius 1 is 1.00 bits per heavy atom. The van der Waals surface area contributed by atoms with Gasteiger partial charge in [-0.1, -0.05) is 6.07 Å². The van der Waals surface area contributed by atoms with Gasteiger partial charge < -0.3 is 25.5 Å². The molecule has 0 saturated carbocycles. The Kier molecular flexibility index (Phi) is 5.93. The number of hydrogen-bond acceptors (Lipinski definition) is 7. The number of nitrogens with zero attached hydrogens (tertiary/aromatic N) is 3. The van der Waals surface area contributed by atoms with E-state index in [2.05, 4.69) is 38.5 Å². The van der Waals surface area contributed by atoms with Gasteiger partial charge in [-0.2, -0.15) is 0 Å². The molecule has 36 heavy (non-hydrogen) atoms. The van der Waals surface area contributed by atoms with Crippen LogP contribution in [0, 0.1) is 0 Å². The normalized spacial score (nSPS) is 15.6. The van der Waals surface area contributed by atoms with Gasteiger partial charge in [0.1, 0.15) is 11.9 Å². The van der Waals surface area contributed by atoms with E-state index in [4.69, 9.17) is 20.2 Å². The van der Waals surface area contributed by atoms with Crippen molar-refractivity contribution in [2.24, 2.45) is 0 Å². The van der Waals surface area contributed by atoms with E-state index in [1.807, 2.05) is 30.5 Å². The molecule has 6 rings (SSSR count). The molecular weight excluding hydrogens is 452 g/mol. The van der Waals surface area contributed by atoms with Gasteiger partial charge in [0.05, 0.1) is 18.1 Å². The van der Waals surface area contributed by atoms with E-state index in [0.717, 1.165) is 59.2 Å². The molecule has 1 aliphatic heterocycles. The zero-order chi connectivity index (χ0) is 24.3. The Morgan fingerprint density at radius 2 is 1.92 bits per heavy atom. The summed E-state index contributed by atoms with van der Waals surface area (Å²) in [7, 11) is 0. The molecule has 1 saturated heterocycles. The number of nitrogens with two attached hydrogens (primary N) is 1. The Morgan fingerprint density at radius 3 is 2.78 bits per heavy atom. The summed E-state index contributed by atoms with van der Waals surface area (Å²) >= 11 is 0. The standard InChI is InChI=1S/C28H26N6O2/c29-19-6-8-20(9-7-19)36-28-22(4-2-12-32-28)18-5-10-25-23(13-18)24(15-33-25)26-16-31-17-27(34-26)35-21-3-1-11-30-14-21/h2,4-10,12-13,15-17,21,30,33H,1,3,11,14,29H2. The van der Waals surface area contributed by atoms with Gasteiger partial charge in [0.2, 0.25) is 11.8 Å². The molecule has 1 fully saturated rings. The van der Waals surface area contributed by atoms with Gasteiger partial charge in [0.15, 0.2) is 0 Å². The Hall–Kier alpha value is -4.43. The van der Waals surface area contributed by atoms with Crippen molar-refractivity contribution in [1.29, 1.82) is 0 Å². The average Bonchev–Trinajstić information content (AvgIpc) is 3.34. The van der Waals surface area contributed by atoms with E-state index < -0.39 is 0 Å². The van der Waals surface area contributed by atoms with Crippen LogP contribution >= 0.6 is 0 Å². The number of anilines is 1. The molecule has 0 spiro atoms. The highest BCUT2D eigenvalue weighted by atomic mass is 16.5. The number of nitrogen functional groups attached to an aromatic ring is 1. The highest BCUT2D eigenvalue weighted by molar-refractivity contribution is 5.97. The molecule has 1 aliphatic rings. The first-order chi connectivity index (χ1) is 17.7. The number of hydrogen-bond donors (Lipinski definition) is 3. The van der Waals surface area contributed by atoms with Crippen LogP contribution in [-0.4, -0.2) is 39.1 Å². The topological polar surface area (TPSA) is 111 Å². The van der Waals surface area contributed by atoms with Gasteiger partial charge in [-0.25, -0.2) is 9.97 Å². The molecule has 2 aromatic carbocycles. The predicted molar refractivity (Wildman–Crippen MR) is 140 cm³/mol. The second-order valence-corrected chi connectivity index (χ2v) is 8.82. The zero-order valence-corrected chi connectivity index (χ0v) is 19.6. The second kappa shape index (κ2) is 9.67. The molecule has 4 N–H and O–H groups in total. The van der Waals surface area contributed by atoms with Gasteiger partial charge in [0.25, 0.3) is 0 Å². The Bertz CT molecular complexity index is 1490. The average molecular weight is 479 g/mol. The summed E-state index contributed by atoms with van der Waals surface area (Å²) in [5.74, 6) is 1.74. The molecule has 4 heterocycles. The number of piperidine rings is 1. The van der Waals surface area contributed by atoms with Crippen molar-refractivity contribution in [3.8, 4) is 39.9 Å². The lowest BCUT2D eigenvalue weighted by Gasteiger charge is -2.23. The van der Waals surface area contributed by atoms with Gasteiger partial charge >= 0.3 is 0 Å². The quantitative estimate of drug-likeness (QED) is 0.288. The second-order valence-electron chi connectivity index (χ2n) is 8.82. The van der Waals surface area contributed by atoms with Crippen LogP contribution in [0.4, 0.5) is 5.69 Å². The molecule has 8 heteroatoms. The molecule has 180 valence electrons. The summed E-state index contributed by atoms with van der Waals surface area (Å²) in [5.41, 5.74) is 11.1. The fourth-order valence-corrected chi connectivity index (χ4v) is 4.47. The first-order valence-corrected chi connectivity index (χ1v) is 12.0. The van der Waals surface area contributed by atoms with E-state index in [-0.39, 0.29) is 6.10 Å². The number of ether oxygens (including phenoxy) is 2. The van der Waals surface area contributed by atoms with E-state index >= 15 is 0 Å². The maximum absolute atomic E-state index is 6.10. The van der Waals surface area contributed by atoms with E-state index in [1.54, 1.807) is 30.7 Å². The lowest BCUT2D eigenvalue weighted by Crippen LogP contribution is -2.37. The number of pyridine rings is 1. The lowest BCUT2D eigenvalue weighted by atomic mass is 10.0. The van der Waals surface area contributed by atoms with Gasteiger partial charge in [-0.15, -0.1) is 0 Å². The summed E-state index contributed by atoms with van der Waals surface area (Å²) in [6.07, 6.45) is 9.35. The molecule has 0 aliphatic carbocycles. The maximum Gasteiger partial charge on any atom is 0.233 e. The molecule has 3 aromatic heterocycles. The van der Waals surface area contributed by atoms with Crippen LogP contribution in [0.5, 0.6) is 17.5 Å². The van der Waals surface area contributed by atoms with E-state index in [1.165, 1.54) is 0 Å². The Balaban J connectivity index is 1.33. The highest BCUT2D eigenvalue weighted by Gasteiger charge is 2.17. The van der Waals surface area contributed by atoms with Crippen LogP contribution in [0.2, 0.25) is 0 Å². The molecule has 1 atom stereocenters. The van der Waals surface area contributed by atoms with Gasteiger partial charge in [0, 0.05) is 46.7 Å². The number of H-pyrrole nitrogens is 1. The van der Waals surface area contributed by atoms with Crippen LogP contribution < -0.4 is 20.5 Å². The van der Waals surface area contributed by atoms with Crippen molar-refractivity contribution < 1.29 is 9.47 Å². The summed E-state index contributed by atoms with van der Waals surface area (Å²) in [5, 5.41) is 4.39. The van der Waals surface area contributed by atoms with Crippen molar-refractivity contribution in [1.82, 2.24) is 25.3 Å². The predicted octanol–water partition coefficient (Wildman–Crippen LogP) is 5.19. The third-order valence-corrected chi connectivity index (χ3v) is 6.29. The minimum absolute atomic E-state index is 0.114. The molecule has 0 radical (unpaired) electrons. The number of fused-ring (bicyclic) bond motifs is 1. The summed E-state index contributed by atoms with van der Waals surface area (Å²) in [6, 6.07) is 17.4. The molecule has 1 unspecified atom stereocenters. The lowest BCUT2D eigenvalue weighted by molar-refractivity contribution is 0.160. The van der Waals surface area contributed by atoms with Gasteiger partial charge in [-0.05, 0) is 73.5 Å². The molecule has 8 nitrogen and oxygen atoms in total. The number of nitrogens with one attached hydrogen (secondary N) is 2. The summed E-state index contributed by atoms with van der Waals surface area (Å²) in [6.45, 7) is 1.86. The first-order valence-electron chi connectivity index (χ1n) is 12.0. The van der Waals surface area contributed by atoms with Crippen LogP contribution in [0.15, 0.2) is 79.4 Å². The highest BCUT2D eigenvalue weighted by Crippen LogP contribution is 2.36. The number of benzene rings is 2. The van der Waals surface area contributed by atoms with E-state index in [0.29, 0.717) is 23.2 Å². The largest absolute Gasteiger partial charge is 0.472 e. The van der Waals surface area contributed by atoms with Crippen LogP contribution in [0.25, 0.3) is 33.3 Å². The third kappa shape index (κ3) is 4.58. The van der Waals surface area contributed by atoms with Crippen molar-refractivity contribution in [3.63, 3.8) is 0 Å². The van der Waals surface area contributed by atoms with Crippen molar-refractivity contribution in [2.45, 2.75) is 18.9 Å². The summed E-state index contributed by atoms with van der Waals surface area (Å²) in [4.78, 5) is 17.0. The summed E-state index contributed by atoms with van der Waals surface area (Å²) < 4.78 is 12.2. The zero-order valence-electron chi connectivity index (χ0n) is 19.6. The molecular formula is C28H26N6O2. The number of rotatable bonds is 6. The minimum atomic E-state index is 0.114. The molecule has 5 aromatic rings. The van der Waals surface area contributed by atoms with Crippen molar-refractivity contribution in [3.05, 3.63) is 79.4 Å². The maximum atomic E-state index is 6.10. The molecule has 0 bridgehead atoms. The monoisotopic (exact) mass is 478 g/mol. The first kappa shape index (κ1) is 22.1. The molecule has 0 amide bonds.